The number of hydrogen-bond donors (Lipinski definition) is 4. The Labute approximate surface area is 124 Å². The topological polar surface area (TPSA) is 149 Å². The molecule has 0 saturated heterocycles. The van der Waals surface area contributed by atoms with Crippen molar-refractivity contribution >= 4 is 23.9 Å². The van der Waals surface area contributed by atoms with Crippen LogP contribution in [0.4, 0.5) is 0 Å². The number of rotatable bonds is 8. The van der Waals surface area contributed by atoms with Crippen LogP contribution < -0.4 is 0 Å². The van der Waals surface area contributed by atoms with E-state index in [1.165, 1.54) is 0 Å². The third-order valence-electron chi connectivity index (χ3n) is 3.01. The molecule has 118 valence electrons. The summed E-state index contributed by atoms with van der Waals surface area (Å²) in [5.74, 6) is -4.92. The molecule has 1 rings (SSSR count). The first-order valence-electron chi connectivity index (χ1n) is 6.28. The highest BCUT2D eigenvalue weighted by atomic mass is 16.4. The molecular formula is C14H14O8. The normalized spacial score (nSPS) is 10.2. The van der Waals surface area contributed by atoms with Crippen LogP contribution >= 0.6 is 0 Å². The SMILES string of the molecule is O=C(O)CCc1cc(C(=O)O)c(CCC(=O)O)cc1C(=O)O. The fraction of sp³-hybridized carbons (Fsp3) is 0.286. The third kappa shape index (κ3) is 4.58. The van der Waals surface area contributed by atoms with Crippen molar-refractivity contribution in [3.63, 3.8) is 0 Å². The fourth-order valence-corrected chi connectivity index (χ4v) is 1.98. The van der Waals surface area contributed by atoms with Gasteiger partial charge < -0.3 is 20.4 Å². The molecule has 4 N–H and O–H groups in total. The molecule has 8 nitrogen and oxygen atoms in total. The Bertz CT molecular complexity index is 576. The summed E-state index contributed by atoms with van der Waals surface area (Å²) in [6.07, 6.45) is -0.936. The Morgan fingerprint density at radius 2 is 1.00 bits per heavy atom. The zero-order chi connectivity index (χ0) is 16.9. The minimum atomic E-state index is -1.33. The molecule has 1 aromatic carbocycles. The predicted molar refractivity (Wildman–Crippen MR) is 72.3 cm³/mol. The third-order valence-corrected chi connectivity index (χ3v) is 3.01. The maximum Gasteiger partial charge on any atom is 0.335 e. The molecule has 22 heavy (non-hydrogen) atoms. The van der Waals surface area contributed by atoms with Crippen LogP contribution in [0.1, 0.15) is 44.7 Å². The van der Waals surface area contributed by atoms with Crippen LogP contribution in [-0.4, -0.2) is 44.3 Å². The summed E-state index contributed by atoms with van der Waals surface area (Å²) in [5.41, 5.74) is -0.254. The lowest BCUT2D eigenvalue weighted by atomic mass is 9.93. The van der Waals surface area contributed by atoms with Crippen molar-refractivity contribution in [2.24, 2.45) is 0 Å². The molecule has 0 spiro atoms. The molecule has 1 aromatic rings. The average Bonchev–Trinajstić information content (AvgIpc) is 2.41. The quantitative estimate of drug-likeness (QED) is 0.558. The van der Waals surface area contributed by atoms with Gasteiger partial charge in [-0.3, -0.25) is 9.59 Å². The van der Waals surface area contributed by atoms with Crippen molar-refractivity contribution in [1.29, 1.82) is 0 Å². The first-order chi connectivity index (χ1) is 10.2. The molecule has 0 saturated carbocycles. The predicted octanol–water partition coefficient (Wildman–Crippen LogP) is 1.12. The summed E-state index contributed by atoms with van der Waals surface area (Å²) in [4.78, 5) is 43.6. The Balaban J connectivity index is 3.30. The summed E-state index contributed by atoms with van der Waals surface area (Å²) in [5, 5.41) is 35.6. The van der Waals surface area contributed by atoms with Gasteiger partial charge in [-0.15, -0.1) is 0 Å². The largest absolute Gasteiger partial charge is 0.481 e. The summed E-state index contributed by atoms with van der Waals surface area (Å²) < 4.78 is 0. The highest BCUT2D eigenvalue weighted by Gasteiger charge is 2.19. The van der Waals surface area contributed by atoms with Crippen molar-refractivity contribution in [3.05, 3.63) is 34.4 Å². The van der Waals surface area contributed by atoms with Gasteiger partial charge in [0.1, 0.15) is 0 Å². The second-order valence-corrected chi connectivity index (χ2v) is 4.56. The first-order valence-corrected chi connectivity index (χ1v) is 6.28. The lowest BCUT2D eigenvalue weighted by molar-refractivity contribution is -0.138. The molecule has 0 fully saturated rings. The van der Waals surface area contributed by atoms with Gasteiger partial charge in [0.2, 0.25) is 0 Å². The Hall–Kier alpha value is -2.90. The van der Waals surface area contributed by atoms with E-state index in [9.17, 15) is 19.2 Å². The van der Waals surface area contributed by atoms with Crippen molar-refractivity contribution < 1.29 is 39.6 Å². The second kappa shape index (κ2) is 7.21. The van der Waals surface area contributed by atoms with Crippen LogP contribution in [0.25, 0.3) is 0 Å². The Morgan fingerprint density at radius 1 is 0.682 bits per heavy atom. The molecule has 0 aromatic heterocycles. The van der Waals surface area contributed by atoms with E-state index >= 15 is 0 Å². The van der Waals surface area contributed by atoms with Crippen LogP contribution in [0.15, 0.2) is 12.1 Å². The lowest BCUT2D eigenvalue weighted by Gasteiger charge is -2.11. The number of aliphatic carboxylic acids is 2. The lowest BCUT2D eigenvalue weighted by Crippen LogP contribution is -2.12. The monoisotopic (exact) mass is 310 g/mol. The molecule has 0 unspecified atom stereocenters. The molecule has 8 heteroatoms. The maximum absolute atomic E-state index is 11.2. The van der Waals surface area contributed by atoms with Crippen molar-refractivity contribution in [2.75, 3.05) is 0 Å². The van der Waals surface area contributed by atoms with E-state index in [1.54, 1.807) is 0 Å². The van der Waals surface area contributed by atoms with E-state index in [2.05, 4.69) is 0 Å². The van der Waals surface area contributed by atoms with E-state index < -0.39 is 23.9 Å². The summed E-state index contributed by atoms with van der Waals surface area (Å²) in [7, 11) is 0. The van der Waals surface area contributed by atoms with Gasteiger partial charge in [0.05, 0.1) is 11.1 Å². The van der Waals surface area contributed by atoms with E-state index in [-0.39, 0.29) is 47.9 Å². The fourth-order valence-electron chi connectivity index (χ4n) is 1.98. The summed E-state index contributed by atoms with van der Waals surface area (Å²) in [6.45, 7) is 0. The zero-order valence-corrected chi connectivity index (χ0v) is 11.4. The van der Waals surface area contributed by atoms with Crippen LogP contribution in [-0.2, 0) is 22.4 Å². The van der Waals surface area contributed by atoms with Gasteiger partial charge in [-0.1, -0.05) is 0 Å². The molecule has 0 heterocycles. The van der Waals surface area contributed by atoms with Gasteiger partial charge in [-0.25, -0.2) is 9.59 Å². The van der Waals surface area contributed by atoms with E-state index in [4.69, 9.17) is 20.4 Å². The van der Waals surface area contributed by atoms with Gasteiger partial charge in [0.15, 0.2) is 0 Å². The number of carboxylic acid groups (broad SMARTS) is 4. The standard InChI is InChI=1S/C14H14O8/c15-11(16)3-1-7-5-10(14(21)22)8(2-4-12(17)18)6-9(7)13(19)20/h5-6H,1-4H2,(H,15,16)(H,17,18)(H,19,20)(H,21,22). The van der Waals surface area contributed by atoms with Gasteiger partial charge in [-0.2, -0.15) is 0 Å². The average molecular weight is 310 g/mol. The number of hydrogen-bond acceptors (Lipinski definition) is 4. The van der Waals surface area contributed by atoms with Crippen LogP contribution in [0.5, 0.6) is 0 Å². The highest BCUT2D eigenvalue weighted by molar-refractivity contribution is 5.95. The molecule has 0 amide bonds. The van der Waals surface area contributed by atoms with Gasteiger partial charge >= 0.3 is 23.9 Å². The first kappa shape index (κ1) is 17.2. The summed E-state index contributed by atoms with van der Waals surface area (Å²) in [6, 6.07) is 2.21. The van der Waals surface area contributed by atoms with Crippen LogP contribution in [0, 0.1) is 0 Å². The Kier molecular flexibility index (Phi) is 5.62. The van der Waals surface area contributed by atoms with Crippen LogP contribution in [0.2, 0.25) is 0 Å². The molecule has 0 aliphatic heterocycles. The smallest absolute Gasteiger partial charge is 0.335 e. The molecule has 0 bridgehead atoms. The minimum Gasteiger partial charge on any atom is -0.481 e. The molecule has 0 aliphatic carbocycles. The van der Waals surface area contributed by atoms with E-state index in [0.717, 1.165) is 12.1 Å². The number of benzene rings is 1. The van der Waals surface area contributed by atoms with Crippen molar-refractivity contribution in [2.45, 2.75) is 25.7 Å². The van der Waals surface area contributed by atoms with E-state index in [0.29, 0.717) is 0 Å². The zero-order valence-electron chi connectivity index (χ0n) is 11.4. The highest BCUT2D eigenvalue weighted by Crippen LogP contribution is 2.21. The van der Waals surface area contributed by atoms with Gasteiger partial charge in [0, 0.05) is 12.8 Å². The van der Waals surface area contributed by atoms with Crippen LogP contribution in [0.3, 0.4) is 0 Å². The number of aryl methyl sites for hydroxylation is 2. The molecule has 0 aliphatic rings. The van der Waals surface area contributed by atoms with E-state index in [1.807, 2.05) is 0 Å². The number of aromatic carboxylic acids is 2. The van der Waals surface area contributed by atoms with Crippen molar-refractivity contribution in [1.82, 2.24) is 0 Å². The Morgan fingerprint density at radius 3 is 1.23 bits per heavy atom. The molecular weight excluding hydrogens is 296 g/mol. The van der Waals surface area contributed by atoms with Crippen molar-refractivity contribution in [3.8, 4) is 0 Å². The number of carbonyl (C=O) groups is 4. The minimum absolute atomic E-state index is 0.0892. The molecule has 0 atom stereocenters. The summed E-state index contributed by atoms with van der Waals surface area (Å²) >= 11 is 0. The second-order valence-electron chi connectivity index (χ2n) is 4.56. The number of carboxylic acids is 4. The van der Waals surface area contributed by atoms with Gasteiger partial charge in [0.25, 0.3) is 0 Å². The van der Waals surface area contributed by atoms with Gasteiger partial charge in [-0.05, 0) is 36.1 Å². The molecule has 0 radical (unpaired) electrons. The maximum atomic E-state index is 11.2.